The van der Waals surface area contributed by atoms with Crippen LogP contribution >= 0.6 is 0 Å². The third kappa shape index (κ3) is 10.9. The van der Waals surface area contributed by atoms with Crippen molar-refractivity contribution in [3.05, 3.63) is 118 Å². The van der Waals surface area contributed by atoms with Gasteiger partial charge in [0.05, 0.1) is 35.6 Å². The average molecular weight is 1140 g/mol. The maximum absolute atomic E-state index is 16.6. The second kappa shape index (κ2) is 22.4. The van der Waals surface area contributed by atoms with Crippen molar-refractivity contribution < 1.29 is 79.6 Å². The molecule has 0 radical (unpaired) electrons. The molecular formula is C59H76F3NO14Si2. The predicted molar refractivity (Wildman–Crippen MR) is 290 cm³/mol. The SMILES string of the molecule is CC[Si](CC)(CC)O[C@H]1C[C@H]2OC[C@@]2(OC(C)=O)[C@H]2[C@H](OC(=O)c3cc(F)c(F)c(F)c3)[C@]3(O)C[C@H](OC(=O)[C@H](O[Si](C)(C)C(C)(C)C)[C@@H](NC(=O)c4ccccc4)c4ccccc4)C(C)=C([C@@H](OC(C)=O)C(=O)[C@]12C)C3(C)C. The second-order valence-electron chi connectivity index (χ2n) is 23.9. The number of esters is 4. The Labute approximate surface area is 462 Å². The van der Waals surface area contributed by atoms with Crippen molar-refractivity contribution >= 4 is 52.2 Å². The van der Waals surface area contributed by atoms with Crippen molar-refractivity contribution in [2.45, 2.75) is 186 Å². The summed E-state index contributed by atoms with van der Waals surface area (Å²) in [5.74, 6) is -12.6. The van der Waals surface area contributed by atoms with Crippen LogP contribution in [0, 0.1) is 34.2 Å². The highest BCUT2D eigenvalue weighted by Gasteiger charge is 2.79. The van der Waals surface area contributed by atoms with Gasteiger partial charge in [0, 0.05) is 37.7 Å². The summed E-state index contributed by atoms with van der Waals surface area (Å²) < 4.78 is 90.9. The maximum Gasteiger partial charge on any atom is 0.338 e. The van der Waals surface area contributed by atoms with E-state index >= 15 is 18.4 Å². The molecule has 3 aromatic carbocycles. The first-order valence-corrected chi connectivity index (χ1v) is 32.5. The van der Waals surface area contributed by atoms with Crippen LogP contribution in [-0.4, -0.2) is 112 Å². The number of ether oxygens (including phenoxy) is 5. The van der Waals surface area contributed by atoms with Gasteiger partial charge >= 0.3 is 23.9 Å². The van der Waals surface area contributed by atoms with Gasteiger partial charge in [0.1, 0.15) is 23.9 Å². The van der Waals surface area contributed by atoms with Gasteiger partial charge in [0.2, 0.25) is 0 Å². The van der Waals surface area contributed by atoms with E-state index in [1.165, 1.54) is 20.8 Å². The monoisotopic (exact) mass is 1140 g/mol. The van der Waals surface area contributed by atoms with Crippen LogP contribution < -0.4 is 5.32 Å². The third-order valence-corrected chi connectivity index (χ3v) is 27.3. The Morgan fingerprint density at radius 1 is 0.835 bits per heavy atom. The lowest BCUT2D eigenvalue weighted by Crippen LogP contribution is -2.82. The molecule has 1 heterocycles. The minimum absolute atomic E-state index is 0.0325. The molecule has 0 aromatic heterocycles. The normalized spacial score (nSPS) is 28.3. The smallest absolute Gasteiger partial charge is 0.338 e. The zero-order valence-corrected chi connectivity index (χ0v) is 49.7. The highest BCUT2D eigenvalue weighted by atomic mass is 28.4. The number of amides is 1. The number of aliphatic hydroxyl groups is 1. The molecule has 79 heavy (non-hydrogen) atoms. The van der Waals surface area contributed by atoms with E-state index < -0.39 is 164 Å². The van der Waals surface area contributed by atoms with Crippen molar-refractivity contribution in [1.29, 1.82) is 0 Å². The fourth-order valence-electron chi connectivity index (χ4n) is 12.3. The summed E-state index contributed by atoms with van der Waals surface area (Å²) in [5.41, 5.74) is -8.33. The molecular weight excluding hydrogens is 1060 g/mol. The molecule has 15 nitrogen and oxygen atoms in total. The van der Waals surface area contributed by atoms with Crippen LogP contribution in [0.4, 0.5) is 13.2 Å². The molecule has 2 N–H and O–H groups in total. The molecule has 3 aromatic rings. The van der Waals surface area contributed by atoms with E-state index in [-0.39, 0.29) is 23.1 Å². The van der Waals surface area contributed by atoms with Crippen molar-refractivity contribution in [2.24, 2.45) is 16.7 Å². The molecule has 430 valence electrons. The van der Waals surface area contributed by atoms with Crippen LogP contribution in [0.2, 0.25) is 36.3 Å². The Balaban J connectivity index is 1.51. The molecule has 3 aliphatic carbocycles. The summed E-state index contributed by atoms with van der Waals surface area (Å²) in [6, 6.07) is 18.5. The number of carbonyl (C=O) groups excluding carboxylic acids is 6. The standard InChI is InChI=1S/C59H76F3NO14Si2/c1-15-79(16-2,17-3)76-42-30-43-58(32-71-43,75-35(6)65)49-51(74-53(68)38-28-39(60)45(62)40(61)29-38)59(70)31-41(33(4)44(56(59,10)11)47(72-34(5)64)50(66)57(42,49)12)73-54(69)48(77-78(13,14)55(7,8)9)46(36-24-20-18-21-25-36)63-52(67)37-26-22-19-23-27-37/h18-29,41-43,46-49,51,70H,15-17,30-32H2,1-14H3,(H,63,67)/t41-,42-,43+,46-,47+,48+,49-,51-,57+,58-,59+/m0/s1. The Morgan fingerprint density at radius 3 is 1.91 bits per heavy atom. The van der Waals surface area contributed by atoms with E-state index in [9.17, 15) is 28.7 Å². The van der Waals surface area contributed by atoms with Crippen LogP contribution in [0.1, 0.15) is 128 Å². The number of nitrogens with one attached hydrogen (secondary N) is 1. The lowest BCUT2D eigenvalue weighted by atomic mass is 9.44. The van der Waals surface area contributed by atoms with Crippen LogP contribution in [0.15, 0.2) is 83.9 Å². The number of rotatable bonds is 17. The Bertz CT molecular complexity index is 2840. The first-order valence-electron chi connectivity index (χ1n) is 27.1. The molecule has 0 spiro atoms. The summed E-state index contributed by atoms with van der Waals surface area (Å²) in [6.45, 7) is 23.6. The molecule has 1 amide bonds. The third-order valence-electron chi connectivity index (χ3n) is 18.2. The minimum atomic E-state index is -3.03. The first kappa shape index (κ1) is 61.1. The predicted octanol–water partition coefficient (Wildman–Crippen LogP) is 10.2. The molecule has 0 unspecified atom stereocenters. The molecule has 3 fully saturated rings. The average Bonchev–Trinajstić information content (AvgIpc) is 3.37. The van der Waals surface area contributed by atoms with Crippen molar-refractivity contribution in [3.63, 3.8) is 0 Å². The van der Waals surface area contributed by atoms with Crippen molar-refractivity contribution in [1.82, 2.24) is 5.32 Å². The summed E-state index contributed by atoms with van der Waals surface area (Å²) in [5, 5.41) is 16.9. The van der Waals surface area contributed by atoms with Gasteiger partial charge in [-0.2, -0.15) is 0 Å². The summed E-state index contributed by atoms with van der Waals surface area (Å²) in [4.78, 5) is 88.5. The Morgan fingerprint density at radius 2 is 1.41 bits per heavy atom. The number of ketones is 1. The number of fused-ring (bicyclic) bond motifs is 5. The zero-order valence-electron chi connectivity index (χ0n) is 47.7. The van der Waals surface area contributed by atoms with Crippen LogP contribution in [0.3, 0.4) is 0 Å². The zero-order chi connectivity index (χ0) is 58.6. The van der Waals surface area contributed by atoms with Gasteiger partial charge in [-0.15, -0.1) is 0 Å². The number of benzene rings is 3. The number of hydrogen-bond donors (Lipinski definition) is 2. The molecule has 2 saturated carbocycles. The number of Topliss-reactive ketones (excluding diaryl/α,β-unsaturated/α-hetero) is 1. The van der Waals surface area contributed by atoms with Gasteiger partial charge in [-0.05, 0) is 91.1 Å². The highest BCUT2D eigenvalue weighted by Crippen LogP contribution is 2.65. The lowest BCUT2D eigenvalue weighted by Gasteiger charge is -2.68. The Kier molecular flexibility index (Phi) is 17.4. The number of hydrogen-bond acceptors (Lipinski definition) is 14. The Hall–Kier alpha value is -5.52. The molecule has 1 saturated heterocycles. The first-order chi connectivity index (χ1) is 36.8. The molecule has 2 bridgehead atoms. The topological polar surface area (TPSA) is 199 Å². The maximum atomic E-state index is 16.6. The van der Waals surface area contributed by atoms with E-state index in [0.29, 0.717) is 35.8 Å². The lowest BCUT2D eigenvalue weighted by molar-refractivity contribution is -0.344. The van der Waals surface area contributed by atoms with Crippen LogP contribution in [0.25, 0.3) is 0 Å². The van der Waals surface area contributed by atoms with Crippen LogP contribution in [-0.2, 0) is 51.7 Å². The molecule has 7 rings (SSSR count). The van der Waals surface area contributed by atoms with E-state index in [1.54, 1.807) is 67.6 Å². The molecule has 20 heteroatoms. The van der Waals surface area contributed by atoms with E-state index in [0.717, 1.165) is 13.8 Å². The van der Waals surface area contributed by atoms with Gasteiger partial charge < -0.3 is 43.0 Å². The van der Waals surface area contributed by atoms with Gasteiger partial charge in [-0.25, -0.2) is 22.8 Å². The quantitative estimate of drug-likeness (QED) is 0.0425. The number of halogens is 3. The molecule has 11 atom stereocenters. The number of carbonyl (C=O) groups is 6. The van der Waals surface area contributed by atoms with E-state index in [4.69, 9.17) is 32.5 Å². The summed E-state index contributed by atoms with van der Waals surface area (Å²) >= 11 is 0. The van der Waals surface area contributed by atoms with Gasteiger partial charge in [0.15, 0.2) is 57.7 Å². The fourth-order valence-corrected chi connectivity index (χ4v) is 16.5. The van der Waals surface area contributed by atoms with Gasteiger partial charge in [-0.1, -0.05) is 104 Å². The summed E-state index contributed by atoms with van der Waals surface area (Å²) in [7, 11) is -5.82. The van der Waals surface area contributed by atoms with Crippen LogP contribution in [0.5, 0.6) is 0 Å². The van der Waals surface area contributed by atoms with E-state index in [2.05, 4.69) is 5.32 Å². The highest BCUT2D eigenvalue weighted by molar-refractivity contribution is 6.74. The van der Waals surface area contributed by atoms with Gasteiger partial charge in [0.25, 0.3) is 5.91 Å². The minimum Gasteiger partial charge on any atom is -0.456 e. The second-order valence-corrected chi connectivity index (χ2v) is 33.4. The molecule has 1 aliphatic heterocycles. The summed E-state index contributed by atoms with van der Waals surface area (Å²) in [6.07, 6.45) is -10.0. The van der Waals surface area contributed by atoms with Crippen molar-refractivity contribution in [2.75, 3.05) is 6.61 Å². The molecule has 4 aliphatic rings. The van der Waals surface area contributed by atoms with Gasteiger partial charge in [-0.3, -0.25) is 19.2 Å². The largest absolute Gasteiger partial charge is 0.456 e. The fraction of sp³-hybridized carbons (Fsp3) is 0.559. The van der Waals surface area contributed by atoms with E-state index in [1.807, 2.05) is 54.6 Å². The van der Waals surface area contributed by atoms with Crippen molar-refractivity contribution in [3.8, 4) is 0 Å².